The number of aliphatic imine (C=N–C) groups is 1. The third-order valence-electron chi connectivity index (χ3n) is 4.74. The van der Waals surface area contributed by atoms with E-state index in [1.165, 1.54) is 0 Å². The monoisotopic (exact) mass is 292 g/mol. The third kappa shape index (κ3) is 1.36. The van der Waals surface area contributed by atoms with E-state index in [0.29, 0.717) is 19.0 Å². The second-order valence-corrected chi connectivity index (χ2v) is 5.82. The number of hydrogen-bond acceptors (Lipinski definition) is 5. The van der Waals surface area contributed by atoms with Crippen molar-refractivity contribution in [2.75, 3.05) is 13.4 Å². The van der Waals surface area contributed by atoms with E-state index in [0.717, 1.165) is 22.6 Å². The van der Waals surface area contributed by atoms with Crippen molar-refractivity contribution in [3.8, 4) is 6.07 Å². The largest absolute Gasteiger partial charge is 0.492 e. The van der Waals surface area contributed by atoms with Crippen molar-refractivity contribution in [1.29, 1.82) is 5.26 Å². The van der Waals surface area contributed by atoms with E-state index in [1.807, 2.05) is 24.4 Å². The summed E-state index contributed by atoms with van der Waals surface area (Å²) in [7, 11) is 0. The zero-order valence-corrected chi connectivity index (χ0v) is 11.7. The lowest BCUT2D eigenvalue weighted by atomic mass is 9.75. The van der Waals surface area contributed by atoms with E-state index in [2.05, 4.69) is 17.1 Å². The number of hydrogen-bond donors (Lipinski definition) is 0. The summed E-state index contributed by atoms with van der Waals surface area (Å²) in [6.45, 7) is 0.800. The Morgan fingerprint density at radius 3 is 2.95 bits per heavy atom. The molecule has 3 aliphatic heterocycles. The summed E-state index contributed by atoms with van der Waals surface area (Å²) in [5.41, 5.74) is 3.03. The molecule has 22 heavy (non-hydrogen) atoms. The first-order valence-electron chi connectivity index (χ1n) is 7.21. The molecule has 1 aromatic carbocycles. The van der Waals surface area contributed by atoms with E-state index in [9.17, 15) is 5.26 Å². The van der Waals surface area contributed by atoms with Crippen LogP contribution in [0.1, 0.15) is 11.1 Å². The molecule has 2 saturated heterocycles. The molecule has 3 heterocycles. The van der Waals surface area contributed by atoms with Gasteiger partial charge in [0.1, 0.15) is 37.4 Å². The first-order valence-corrected chi connectivity index (χ1v) is 7.21. The maximum absolute atomic E-state index is 9.27. The van der Waals surface area contributed by atoms with Crippen molar-refractivity contribution < 1.29 is 14.2 Å². The molecule has 5 nitrogen and oxygen atoms in total. The number of fused-ring (bicyclic) bond motifs is 5. The Kier molecular flexibility index (Phi) is 2.25. The van der Waals surface area contributed by atoms with Crippen LogP contribution in [0.3, 0.4) is 0 Å². The van der Waals surface area contributed by atoms with Crippen molar-refractivity contribution >= 4 is 11.9 Å². The van der Waals surface area contributed by atoms with E-state index < -0.39 is 5.41 Å². The summed E-state index contributed by atoms with van der Waals surface area (Å²) < 4.78 is 17.0. The Bertz CT molecular complexity index is 818. The van der Waals surface area contributed by atoms with Crippen LogP contribution in [-0.4, -0.2) is 31.8 Å². The lowest BCUT2D eigenvalue weighted by Gasteiger charge is -2.24. The minimum Gasteiger partial charge on any atom is -0.492 e. The highest BCUT2D eigenvalue weighted by Crippen LogP contribution is 2.51. The van der Waals surface area contributed by atoms with Gasteiger partial charge in [-0.2, -0.15) is 5.26 Å². The molecule has 0 saturated carbocycles. The summed E-state index contributed by atoms with van der Waals surface area (Å²) in [4.78, 5) is 4.51. The third-order valence-corrected chi connectivity index (χ3v) is 4.74. The SMILES string of the molecule is N#Cc1cccc2c1N=CC21COC2=CC3OCOC3C=C21. The van der Waals surface area contributed by atoms with Crippen molar-refractivity contribution in [1.82, 2.24) is 0 Å². The van der Waals surface area contributed by atoms with Gasteiger partial charge in [0.2, 0.25) is 0 Å². The molecule has 3 unspecified atom stereocenters. The molecule has 2 fully saturated rings. The van der Waals surface area contributed by atoms with Crippen LogP contribution in [0.4, 0.5) is 5.69 Å². The minimum atomic E-state index is -0.412. The Morgan fingerprint density at radius 1 is 1.23 bits per heavy atom. The van der Waals surface area contributed by atoms with Crippen LogP contribution in [0, 0.1) is 11.3 Å². The van der Waals surface area contributed by atoms with Gasteiger partial charge in [0, 0.05) is 11.8 Å². The summed E-state index contributed by atoms with van der Waals surface area (Å²) in [6, 6.07) is 7.92. The molecular formula is C17H12N2O3. The highest BCUT2D eigenvalue weighted by Gasteiger charge is 2.50. The fourth-order valence-corrected chi connectivity index (χ4v) is 3.63. The van der Waals surface area contributed by atoms with Crippen molar-refractivity contribution in [3.05, 3.63) is 52.8 Å². The number of benzene rings is 1. The predicted molar refractivity (Wildman–Crippen MR) is 77.7 cm³/mol. The molecule has 0 N–H and O–H groups in total. The van der Waals surface area contributed by atoms with E-state index in [1.54, 1.807) is 6.07 Å². The van der Waals surface area contributed by atoms with Gasteiger partial charge in [-0.15, -0.1) is 0 Å². The van der Waals surface area contributed by atoms with Crippen molar-refractivity contribution in [3.63, 3.8) is 0 Å². The molecule has 4 aliphatic rings. The Labute approximate surface area is 127 Å². The lowest BCUT2D eigenvalue weighted by molar-refractivity contribution is 0.0499. The van der Waals surface area contributed by atoms with Gasteiger partial charge in [-0.1, -0.05) is 12.1 Å². The number of para-hydroxylation sites is 1. The predicted octanol–water partition coefficient (Wildman–Crippen LogP) is 2.11. The molecule has 1 aliphatic carbocycles. The Balaban J connectivity index is 1.69. The summed E-state index contributed by atoms with van der Waals surface area (Å²) in [6.07, 6.45) is 5.83. The quantitative estimate of drug-likeness (QED) is 0.734. The molecule has 3 atom stereocenters. The summed E-state index contributed by atoms with van der Waals surface area (Å²) in [5.74, 6) is 0.841. The number of ether oxygens (including phenoxy) is 3. The normalized spacial score (nSPS) is 33.6. The van der Waals surface area contributed by atoms with Gasteiger partial charge in [-0.3, -0.25) is 4.99 Å². The zero-order valence-electron chi connectivity index (χ0n) is 11.7. The van der Waals surface area contributed by atoms with Gasteiger partial charge in [-0.05, 0) is 23.8 Å². The minimum absolute atomic E-state index is 0.0721. The summed E-state index contributed by atoms with van der Waals surface area (Å²) >= 11 is 0. The molecule has 0 aromatic heterocycles. The molecule has 1 aromatic rings. The van der Waals surface area contributed by atoms with Crippen molar-refractivity contribution in [2.45, 2.75) is 17.6 Å². The van der Waals surface area contributed by atoms with Gasteiger partial charge in [0.25, 0.3) is 0 Å². The van der Waals surface area contributed by atoms with Gasteiger partial charge in [0.15, 0.2) is 0 Å². The smallest absolute Gasteiger partial charge is 0.148 e. The van der Waals surface area contributed by atoms with Crippen LogP contribution in [0.5, 0.6) is 0 Å². The van der Waals surface area contributed by atoms with Gasteiger partial charge in [0.05, 0.1) is 16.7 Å². The molecule has 1 spiro atoms. The molecule has 0 amide bonds. The number of allylic oxidation sites excluding steroid dienone is 1. The highest BCUT2D eigenvalue weighted by atomic mass is 16.7. The van der Waals surface area contributed by atoms with Crippen LogP contribution in [0.25, 0.3) is 0 Å². The van der Waals surface area contributed by atoms with E-state index >= 15 is 0 Å². The molecular weight excluding hydrogens is 280 g/mol. The number of nitrogens with zero attached hydrogens (tertiary/aromatic N) is 2. The Morgan fingerprint density at radius 2 is 2.09 bits per heavy atom. The molecule has 108 valence electrons. The maximum Gasteiger partial charge on any atom is 0.148 e. The second-order valence-electron chi connectivity index (χ2n) is 5.82. The van der Waals surface area contributed by atoms with Crippen LogP contribution < -0.4 is 0 Å². The number of rotatable bonds is 0. The van der Waals surface area contributed by atoms with Gasteiger partial charge < -0.3 is 14.2 Å². The fraction of sp³-hybridized carbons (Fsp3) is 0.294. The summed E-state index contributed by atoms with van der Waals surface area (Å²) in [5, 5.41) is 9.27. The van der Waals surface area contributed by atoms with Crippen molar-refractivity contribution in [2.24, 2.45) is 4.99 Å². The standard InChI is InChI=1S/C17H12N2O3/c18-6-10-2-1-3-11-16(10)19-7-17(11)8-20-13-5-15-14(4-12(13)17)21-9-22-15/h1-5,7,14-15H,8-9H2. The zero-order chi connectivity index (χ0) is 14.7. The molecule has 5 rings (SSSR count). The van der Waals surface area contributed by atoms with Gasteiger partial charge in [-0.25, -0.2) is 0 Å². The van der Waals surface area contributed by atoms with E-state index in [4.69, 9.17) is 14.2 Å². The average Bonchev–Trinajstić information content (AvgIpc) is 3.25. The molecule has 0 radical (unpaired) electrons. The van der Waals surface area contributed by atoms with Crippen LogP contribution >= 0.6 is 0 Å². The first-order chi connectivity index (χ1) is 10.8. The topological polar surface area (TPSA) is 63.8 Å². The highest BCUT2D eigenvalue weighted by molar-refractivity contribution is 5.93. The molecule has 5 heteroatoms. The first kappa shape index (κ1) is 12.2. The lowest BCUT2D eigenvalue weighted by Crippen LogP contribution is -2.31. The van der Waals surface area contributed by atoms with E-state index in [-0.39, 0.29) is 12.2 Å². The maximum atomic E-state index is 9.27. The Hall–Kier alpha value is -2.42. The molecule has 0 bridgehead atoms. The average molecular weight is 292 g/mol. The van der Waals surface area contributed by atoms with Crippen LogP contribution in [0.15, 0.2) is 46.7 Å². The van der Waals surface area contributed by atoms with Crippen LogP contribution in [-0.2, 0) is 19.6 Å². The van der Waals surface area contributed by atoms with Gasteiger partial charge >= 0.3 is 0 Å². The second kappa shape index (κ2) is 4.07. The fourth-order valence-electron chi connectivity index (χ4n) is 3.63. The number of nitriles is 1. The van der Waals surface area contributed by atoms with Crippen LogP contribution in [0.2, 0.25) is 0 Å².